The molecule has 0 amide bonds. The van der Waals surface area contributed by atoms with E-state index in [1.165, 1.54) is 12.1 Å². The third-order valence-corrected chi connectivity index (χ3v) is 2.47. The minimum absolute atomic E-state index is 0.129. The zero-order valence-electron chi connectivity index (χ0n) is 10.4. The second-order valence-electron chi connectivity index (χ2n) is 4.16. The maximum atomic E-state index is 12.0. The van der Waals surface area contributed by atoms with E-state index < -0.39 is 6.61 Å². The van der Waals surface area contributed by atoms with Crippen LogP contribution in [0.2, 0.25) is 0 Å². The number of halogens is 2. The molecule has 0 aliphatic rings. The molecule has 100 valence electrons. The van der Waals surface area contributed by atoms with Crippen molar-refractivity contribution in [1.82, 2.24) is 0 Å². The van der Waals surface area contributed by atoms with Crippen molar-refractivity contribution in [3.05, 3.63) is 48.0 Å². The molecule has 0 aromatic heterocycles. The van der Waals surface area contributed by atoms with Gasteiger partial charge in [0, 0.05) is 17.1 Å². The van der Waals surface area contributed by atoms with E-state index in [4.69, 9.17) is 5.73 Å². The molecule has 0 unspecified atom stereocenters. The van der Waals surface area contributed by atoms with Crippen LogP contribution in [-0.4, -0.2) is 6.61 Å². The highest BCUT2D eigenvalue weighted by Crippen LogP contribution is 2.23. The maximum absolute atomic E-state index is 12.0. The lowest BCUT2D eigenvalue weighted by Gasteiger charge is -2.10. The van der Waals surface area contributed by atoms with Gasteiger partial charge in [-0.2, -0.15) is 8.78 Å². The highest BCUT2D eigenvalue weighted by atomic mass is 19.3. The summed E-state index contributed by atoms with van der Waals surface area (Å²) in [5.41, 5.74) is 9.07. The summed E-state index contributed by atoms with van der Waals surface area (Å²) in [6.07, 6.45) is 0. The molecule has 2 rings (SSSR count). The Bertz CT molecular complexity index is 536. The molecular weight excluding hydrogens is 250 g/mol. The third-order valence-electron chi connectivity index (χ3n) is 2.47. The van der Waals surface area contributed by atoms with Crippen LogP contribution in [0.5, 0.6) is 5.75 Å². The number of nitrogen functional groups attached to an aromatic ring is 1. The van der Waals surface area contributed by atoms with Crippen molar-refractivity contribution in [3.63, 3.8) is 0 Å². The Morgan fingerprint density at radius 2 is 1.74 bits per heavy atom. The second-order valence-corrected chi connectivity index (χ2v) is 4.16. The van der Waals surface area contributed by atoms with Crippen molar-refractivity contribution in [1.29, 1.82) is 0 Å². The Labute approximate surface area is 110 Å². The molecule has 3 nitrogen and oxygen atoms in total. The quantitative estimate of drug-likeness (QED) is 0.823. The second kappa shape index (κ2) is 5.56. The fourth-order valence-electron chi connectivity index (χ4n) is 1.77. The molecule has 3 N–H and O–H groups in total. The number of nitrogens with two attached hydrogens (primary N) is 1. The molecule has 0 spiro atoms. The van der Waals surface area contributed by atoms with Crippen LogP contribution < -0.4 is 15.8 Å². The Morgan fingerprint density at radius 1 is 1.05 bits per heavy atom. The molecule has 0 aliphatic carbocycles. The number of ether oxygens (including phenoxy) is 1. The normalized spacial score (nSPS) is 10.5. The summed E-state index contributed by atoms with van der Waals surface area (Å²) in [4.78, 5) is 0. The fraction of sp³-hybridized carbons (Fsp3) is 0.143. The van der Waals surface area contributed by atoms with E-state index >= 15 is 0 Å². The Balaban J connectivity index is 2.10. The summed E-state index contributed by atoms with van der Waals surface area (Å²) in [5, 5.41) is 3.14. The Kier molecular flexibility index (Phi) is 3.85. The number of nitrogens with one attached hydrogen (secondary N) is 1. The van der Waals surface area contributed by atoms with Crippen molar-refractivity contribution >= 4 is 17.1 Å². The van der Waals surface area contributed by atoms with Gasteiger partial charge in [0.1, 0.15) is 5.75 Å². The number of anilines is 3. The summed E-state index contributed by atoms with van der Waals surface area (Å²) in [6, 6.07) is 11.9. The molecule has 0 atom stereocenters. The lowest BCUT2D eigenvalue weighted by molar-refractivity contribution is -0.0498. The predicted molar refractivity (Wildman–Crippen MR) is 71.9 cm³/mol. The van der Waals surface area contributed by atoms with Crippen molar-refractivity contribution < 1.29 is 13.5 Å². The first-order chi connectivity index (χ1) is 9.02. The highest BCUT2D eigenvalue weighted by molar-refractivity contribution is 5.65. The van der Waals surface area contributed by atoms with Gasteiger partial charge in [-0.15, -0.1) is 0 Å². The van der Waals surface area contributed by atoms with Crippen LogP contribution in [0, 0.1) is 6.92 Å². The van der Waals surface area contributed by atoms with Gasteiger partial charge in [-0.05, 0) is 55.0 Å². The SMILES string of the molecule is Cc1cc(N)cc(Nc2ccc(OC(F)F)cc2)c1. The topological polar surface area (TPSA) is 47.3 Å². The maximum Gasteiger partial charge on any atom is 0.387 e. The number of aryl methyl sites for hydroxylation is 1. The highest BCUT2D eigenvalue weighted by Gasteiger charge is 2.04. The summed E-state index contributed by atoms with van der Waals surface area (Å²) in [5.74, 6) is 0.129. The Hall–Kier alpha value is -2.30. The van der Waals surface area contributed by atoms with Crippen molar-refractivity contribution in [2.24, 2.45) is 0 Å². The smallest absolute Gasteiger partial charge is 0.387 e. The van der Waals surface area contributed by atoms with Crippen LogP contribution in [0.25, 0.3) is 0 Å². The van der Waals surface area contributed by atoms with Crippen LogP contribution in [0.3, 0.4) is 0 Å². The van der Waals surface area contributed by atoms with Crippen LogP contribution in [0.4, 0.5) is 25.8 Å². The van der Waals surface area contributed by atoms with Crippen LogP contribution in [0.15, 0.2) is 42.5 Å². The van der Waals surface area contributed by atoms with E-state index in [1.807, 2.05) is 19.1 Å². The van der Waals surface area contributed by atoms with Crippen LogP contribution >= 0.6 is 0 Å². The molecule has 0 heterocycles. The first-order valence-corrected chi connectivity index (χ1v) is 5.72. The molecule has 0 bridgehead atoms. The first kappa shape index (κ1) is 13.1. The van der Waals surface area contributed by atoms with E-state index in [9.17, 15) is 8.78 Å². The van der Waals surface area contributed by atoms with E-state index in [0.29, 0.717) is 5.69 Å². The molecule has 0 fully saturated rings. The summed E-state index contributed by atoms with van der Waals surface area (Å²) >= 11 is 0. The lowest BCUT2D eigenvalue weighted by atomic mass is 10.2. The predicted octanol–water partition coefficient (Wildman–Crippen LogP) is 3.92. The molecule has 2 aromatic rings. The zero-order valence-corrected chi connectivity index (χ0v) is 10.4. The number of hydrogen-bond donors (Lipinski definition) is 2. The number of hydrogen-bond acceptors (Lipinski definition) is 3. The minimum atomic E-state index is -2.81. The minimum Gasteiger partial charge on any atom is -0.435 e. The van der Waals surface area contributed by atoms with Crippen LogP contribution in [-0.2, 0) is 0 Å². The molecule has 0 saturated carbocycles. The van der Waals surface area contributed by atoms with Crippen molar-refractivity contribution in [2.75, 3.05) is 11.1 Å². The van der Waals surface area contributed by atoms with Gasteiger partial charge in [-0.25, -0.2) is 0 Å². The summed E-state index contributed by atoms with van der Waals surface area (Å²) in [7, 11) is 0. The van der Waals surface area contributed by atoms with E-state index in [2.05, 4.69) is 10.1 Å². The summed E-state index contributed by atoms with van der Waals surface area (Å²) < 4.78 is 28.3. The molecule has 0 saturated heterocycles. The van der Waals surface area contributed by atoms with Gasteiger partial charge in [0.25, 0.3) is 0 Å². The number of benzene rings is 2. The largest absolute Gasteiger partial charge is 0.435 e. The van der Waals surface area contributed by atoms with E-state index in [-0.39, 0.29) is 5.75 Å². The van der Waals surface area contributed by atoms with Crippen molar-refractivity contribution in [3.8, 4) is 5.75 Å². The van der Waals surface area contributed by atoms with Gasteiger partial charge >= 0.3 is 6.61 Å². The number of rotatable bonds is 4. The molecule has 19 heavy (non-hydrogen) atoms. The Morgan fingerprint density at radius 3 is 2.32 bits per heavy atom. The number of alkyl halides is 2. The molecule has 0 radical (unpaired) electrons. The fourth-order valence-corrected chi connectivity index (χ4v) is 1.77. The van der Waals surface area contributed by atoms with Crippen molar-refractivity contribution in [2.45, 2.75) is 13.5 Å². The van der Waals surface area contributed by atoms with Gasteiger partial charge in [0.15, 0.2) is 0 Å². The monoisotopic (exact) mass is 264 g/mol. The lowest BCUT2D eigenvalue weighted by Crippen LogP contribution is -2.01. The first-order valence-electron chi connectivity index (χ1n) is 5.72. The average Bonchev–Trinajstić information content (AvgIpc) is 2.29. The summed E-state index contributed by atoms with van der Waals surface area (Å²) in [6.45, 7) is -0.864. The van der Waals surface area contributed by atoms with Gasteiger partial charge in [0.05, 0.1) is 0 Å². The average molecular weight is 264 g/mol. The van der Waals surface area contributed by atoms with E-state index in [1.54, 1.807) is 18.2 Å². The standard InChI is InChI=1S/C14H14F2N2O/c1-9-6-10(17)8-12(7-9)18-11-2-4-13(5-3-11)19-14(15)16/h2-8,14,18H,17H2,1H3. The van der Waals surface area contributed by atoms with E-state index in [0.717, 1.165) is 16.9 Å². The van der Waals surface area contributed by atoms with Gasteiger partial charge < -0.3 is 15.8 Å². The van der Waals surface area contributed by atoms with Gasteiger partial charge in [-0.1, -0.05) is 0 Å². The van der Waals surface area contributed by atoms with Crippen LogP contribution in [0.1, 0.15) is 5.56 Å². The molecule has 0 aliphatic heterocycles. The van der Waals surface area contributed by atoms with Gasteiger partial charge in [-0.3, -0.25) is 0 Å². The zero-order chi connectivity index (χ0) is 13.8. The molecular formula is C14H14F2N2O. The molecule has 5 heteroatoms. The molecule has 2 aromatic carbocycles. The third kappa shape index (κ3) is 3.84. The van der Waals surface area contributed by atoms with Gasteiger partial charge in [0.2, 0.25) is 0 Å².